The lowest BCUT2D eigenvalue weighted by molar-refractivity contribution is -0.145. The van der Waals surface area contributed by atoms with Crippen LogP contribution in [0.1, 0.15) is 86.5 Å². The van der Waals surface area contributed by atoms with Gasteiger partial charge in [0.05, 0.1) is 6.04 Å². The molecule has 0 aromatic rings. The number of hydrogen-bond acceptors (Lipinski definition) is 6. The average molecular weight is 707 g/mol. The zero-order valence-electron chi connectivity index (χ0n) is 30.4. The lowest BCUT2D eigenvalue weighted by Gasteiger charge is -2.38. The van der Waals surface area contributed by atoms with Crippen LogP contribution in [-0.4, -0.2) is 102 Å². The molecule has 2 heterocycles. The highest BCUT2D eigenvalue weighted by Gasteiger charge is 2.60. The van der Waals surface area contributed by atoms with Crippen LogP contribution in [0.5, 0.6) is 0 Å². The summed E-state index contributed by atoms with van der Waals surface area (Å²) in [6.07, 6.45) is 1.73. The van der Waals surface area contributed by atoms with Gasteiger partial charge in [-0.25, -0.2) is 13.6 Å². The SMILES string of the molecule is C=CCNC(=O)C(=O)[C@H](CC(F)F)NC(=O)[C@@H]1[C@H]2CCC[C@H]2CN1C(=O)[C@@H](NC(=O)N[C@H](CN1CCCCC1=O)C1(C)C(C)C1C)C(C)(C)C. The molecule has 6 amide bonds. The van der Waals surface area contributed by atoms with Crippen molar-refractivity contribution in [2.75, 3.05) is 26.2 Å². The molecule has 0 aromatic heterocycles. The number of alkyl halides is 2. The van der Waals surface area contributed by atoms with Crippen LogP contribution in [0.25, 0.3) is 0 Å². The van der Waals surface area contributed by atoms with Gasteiger partial charge in [0.15, 0.2) is 0 Å². The predicted octanol–water partition coefficient (Wildman–Crippen LogP) is 3.01. The van der Waals surface area contributed by atoms with Gasteiger partial charge in [-0.05, 0) is 60.2 Å². The van der Waals surface area contributed by atoms with E-state index in [4.69, 9.17) is 0 Å². The Hall–Kier alpha value is -3.58. The maximum atomic E-state index is 14.4. The number of halogens is 2. The first-order valence-electron chi connectivity index (χ1n) is 18.1. The number of likely N-dealkylation sites (tertiary alicyclic amines) is 2. The van der Waals surface area contributed by atoms with Crippen molar-refractivity contribution in [2.24, 2.45) is 34.5 Å². The highest BCUT2D eigenvalue weighted by molar-refractivity contribution is 6.38. The number of Topliss-reactive ketones (excluding diaryl/α,β-unsaturated/α-hetero) is 1. The van der Waals surface area contributed by atoms with Crippen molar-refractivity contribution in [1.29, 1.82) is 0 Å². The molecule has 4 N–H and O–H groups in total. The number of hydrogen-bond donors (Lipinski definition) is 4. The molecule has 0 bridgehead atoms. The van der Waals surface area contributed by atoms with Crippen molar-refractivity contribution in [3.63, 3.8) is 0 Å². The molecule has 0 radical (unpaired) electrons. The minimum atomic E-state index is -2.98. The second kappa shape index (κ2) is 15.8. The smallest absolute Gasteiger partial charge is 0.315 e. The summed E-state index contributed by atoms with van der Waals surface area (Å²) in [6.45, 7) is 16.4. The molecular formula is C36H56F2N6O6. The molecular weight excluding hydrogens is 650 g/mol. The average Bonchev–Trinajstić information content (AvgIpc) is 3.40. The molecule has 12 nitrogen and oxygen atoms in total. The lowest BCUT2D eigenvalue weighted by Crippen LogP contribution is -2.62. The van der Waals surface area contributed by atoms with Crippen LogP contribution in [0.15, 0.2) is 12.7 Å². The molecule has 50 heavy (non-hydrogen) atoms. The predicted molar refractivity (Wildman–Crippen MR) is 183 cm³/mol. The molecule has 2 saturated carbocycles. The fraction of sp³-hybridized carbons (Fsp3) is 0.778. The number of urea groups is 1. The summed E-state index contributed by atoms with van der Waals surface area (Å²) in [5.41, 5.74) is -1.05. The number of ketones is 1. The van der Waals surface area contributed by atoms with Crippen molar-refractivity contribution in [3.8, 4) is 0 Å². The maximum absolute atomic E-state index is 14.4. The molecule has 14 heteroatoms. The highest BCUT2D eigenvalue weighted by atomic mass is 19.3. The monoisotopic (exact) mass is 706 g/mol. The first-order valence-corrected chi connectivity index (χ1v) is 18.1. The van der Waals surface area contributed by atoms with E-state index in [9.17, 15) is 37.5 Å². The van der Waals surface area contributed by atoms with Crippen molar-refractivity contribution in [3.05, 3.63) is 12.7 Å². The third-order valence-corrected chi connectivity index (χ3v) is 12.0. The van der Waals surface area contributed by atoms with Gasteiger partial charge < -0.3 is 31.1 Å². The van der Waals surface area contributed by atoms with Gasteiger partial charge in [0.25, 0.3) is 5.91 Å². The normalized spacial score (nSPS) is 29.5. The maximum Gasteiger partial charge on any atom is 0.315 e. The Morgan fingerprint density at radius 3 is 2.28 bits per heavy atom. The van der Waals surface area contributed by atoms with E-state index < -0.39 is 65.9 Å². The minimum Gasteiger partial charge on any atom is -0.346 e. The molecule has 2 aliphatic heterocycles. The van der Waals surface area contributed by atoms with Crippen LogP contribution in [0.3, 0.4) is 0 Å². The van der Waals surface area contributed by atoms with Crippen molar-refractivity contribution in [1.82, 2.24) is 31.1 Å². The fourth-order valence-electron chi connectivity index (χ4n) is 8.41. The lowest BCUT2D eigenvalue weighted by atomic mass is 9.85. The van der Waals surface area contributed by atoms with Crippen LogP contribution in [0.2, 0.25) is 0 Å². The van der Waals surface area contributed by atoms with Gasteiger partial charge in [-0.15, -0.1) is 6.58 Å². The van der Waals surface area contributed by atoms with E-state index in [2.05, 4.69) is 48.6 Å². The summed E-state index contributed by atoms with van der Waals surface area (Å²) < 4.78 is 27.1. The number of nitrogens with one attached hydrogen (secondary N) is 4. The van der Waals surface area contributed by atoms with E-state index in [0.29, 0.717) is 37.8 Å². The van der Waals surface area contributed by atoms with Crippen LogP contribution >= 0.6 is 0 Å². The van der Waals surface area contributed by atoms with E-state index >= 15 is 0 Å². The summed E-state index contributed by atoms with van der Waals surface area (Å²) in [7, 11) is 0. The Balaban J connectivity index is 1.54. The number of nitrogens with zero attached hydrogens (tertiary/aromatic N) is 2. The van der Waals surface area contributed by atoms with Gasteiger partial charge >= 0.3 is 6.03 Å². The topological polar surface area (TPSA) is 157 Å². The minimum absolute atomic E-state index is 0.0199. The van der Waals surface area contributed by atoms with Crippen LogP contribution in [-0.2, 0) is 24.0 Å². The molecule has 4 rings (SSSR count). The van der Waals surface area contributed by atoms with E-state index in [0.717, 1.165) is 25.7 Å². The highest BCUT2D eigenvalue weighted by Crippen LogP contribution is 2.60. The Bertz CT molecular complexity index is 1330. The third kappa shape index (κ3) is 8.47. The molecule has 0 spiro atoms. The number of carbonyl (C=O) groups is 6. The molecule has 2 saturated heterocycles. The summed E-state index contributed by atoms with van der Waals surface area (Å²) in [5, 5.41) is 10.7. The molecule has 280 valence electrons. The zero-order chi connectivity index (χ0) is 37.1. The summed E-state index contributed by atoms with van der Waals surface area (Å²) >= 11 is 0. The van der Waals surface area contributed by atoms with E-state index in [1.807, 2.05) is 4.90 Å². The Labute approximate surface area is 294 Å². The largest absolute Gasteiger partial charge is 0.346 e. The van der Waals surface area contributed by atoms with Gasteiger partial charge in [-0.1, -0.05) is 54.0 Å². The number of carbonyl (C=O) groups excluding carboxylic acids is 6. The van der Waals surface area contributed by atoms with E-state index in [-0.39, 0.29) is 42.3 Å². The standard InChI is InChI=1S/C36H56F2N6O6/c1-8-15-39-32(48)29(46)24(17-26(37)38)40-31(47)28-23-13-11-12-22(23)18-44(28)33(49)30(35(4,5)6)42-34(50)41-25(36(7)20(2)21(36)3)19-43-16-10-9-14-27(43)45/h8,20-26,28,30H,1,9-19H2,2-7H3,(H,39,48)(H,40,47)(H2,41,42,50)/t20?,21?,22-,23-,24-,25+,28-,30+,36?/m0/s1. The molecule has 8 atom stereocenters. The Morgan fingerprint density at radius 2 is 1.70 bits per heavy atom. The van der Waals surface area contributed by atoms with E-state index in [1.165, 1.54) is 11.0 Å². The number of rotatable bonds is 14. The Morgan fingerprint density at radius 1 is 1.02 bits per heavy atom. The molecule has 0 aromatic carbocycles. The second-order valence-electron chi connectivity index (χ2n) is 16.1. The quantitative estimate of drug-likeness (QED) is 0.161. The van der Waals surface area contributed by atoms with Crippen molar-refractivity contribution < 1.29 is 37.5 Å². The summed E-state index contributed by atoms with van der Waals surface area (Å²) in [4.78, 5) is 83.2. The number of fused-ring (bicyclic) bond motifs is 1. The van der Waals surface area contributed by atoms with Crippen LogP contribution < -0.4 is 21.3 Å². The number of piperidine rings is 1. The van der Waals surface area contributed by atoms with E-state index in [1.54, 1.807) is 20.8 Å². The summed E-state index contributed by atoms with van der Waals surface area (Å²) in [5.74, 6) is -3.21. The molecule has 4 aliphatic rings. The first kappa shape index (κ1) is 39.2. The van der Waals surface area contributed by atoms with Gasteiger partial charge in [0.1, 0.15) is 18.1 Å². The fourth-order valence-corrected chi connectivity index (χ4v) is 8.41. The Kier molecular flexibility index (Phi) is 12.4. The van der Waals surface area contributed by atoms with Crippen LogP contribution in [0.4, 0.5) is 13.6 Å². The summed E-state index contributed by atoms with van der Waals surface area (Å²) in [6, 6.07) is -4.85. The van der Waals surface area contributed by atoms with Crippen molar-refractivity contribution >= 4 is 35.4 Å². The first-order chi connectivity index (χ1) is 23.4. The van der Waals surface area contributed by atoms with Crippen LogP contribution in [0, 0.1) is 34.5 Å². The molecule has 2 unspecified atom stereocenters. The molecule has 2 aliphatic carbocycles. The van der Waals surface area contributed by atoms with Crippen molar-refractivity contribution in [2.45, 2.75) is 117 Å². The van der Waals surface area contributed by atoms with Gasteiger partial charge in [-0.3, -0.25) is 24.0 Å². The van der Waals surface area contributed by atoms with Gasteiger partial charge in [0.2, 0.25) is 29.9 Å². The van der Waals surface area contributed by atoms with Gasteiger partial charge in [0, 0.05) is 39.0 Å². The van der Waals surface area contributed by atoms with Gasteiger partial charge in [-0.2, -0.15) is 0 Å². The molecule has 4 fully saturated rings. The second-order valence-corrected chi connectivity index (χ2v) is 16.1. The third-order valence-electron chi connectivity index (χ3n) is 12.0. The number of amides is 6. The zero-order valence-corrected chi connectivity index (χ0v) is 30.4.